The standard InChI is InChI=1S/C12H7BrClNOS/c13-10-3-4-17-12(10)7-16-11-5-9(14)2-1-8(11)6-15/h1-5H,7H2. The Morgan fingerprint density at radius 1 is 1.41 bits per heavy atom. The Hall–Kier alpha value is -1.02. The number of hydrogen-bond acceptors (Lipinski definition) is 3. The minimum atomic E-state index is 0.424. The topological polar surface area (TPSA) is 33.0 Å². The van der Waals surface area contributed by atoms with Gasteiger partial charge in [-0.15, -0.1) is 11.3 Å². The highest BCUT2D eigenvalue weighted by molar-refractivity contribution is 9.10. The van der Waals surface area contributed by atoms with E-state index in [9.17, 15) is 0 Å². The van der Waals surface area contributed by atoms with Crippen LogP contribution in [0.1, 0.15) is 10.4 Å². The Bertz CT molecular complexity index is 576. The first-order chi connectivity index (χ1) is 8.20. The molecule has 1 heterocycles. The van der Waals surface area contributed by atoms with Gasteiger partial charge in [0.1, 0.15) is 18.4 Å². The summed E-state index contributed by atoms with van der Waals surface area (Å²) >= 11 is 10.9. The van der Waals surface area contributed by atoms with Crippen LogP contribution in [0.25, 0.3) is 0 Å². The Labute approximate surface area is 117 Å². The summed E-state index contributed by atoms with van der Waals surface area (Å²) in [6.07, 6.45) is 0. The summed E-state index contributed by atoms with van der Waals surface area (Å²) in [5, 5.41) is 11.5. The summed E-state index contributed by atoms with van der Waals surface area (Å²) in [5.41, 5.74) is 0.488. The molecule has 0 aliphatic rings. The molecule has 1 aromatic carbocycles. The fraction of sp³-hybridized carbons (Fsp3) is 0.0833. The average molecular weight is 329 g/mol. The molecule has 2 aromatic rings. The number of thiophene rings is 1. The second kappa shape index (κ2) is 5.54. The summed E-state index contributed by atoms with van der Waals surface area (Å²) < 4.78 is 6.62. The lowest BCUT2D eigenvalue weighted by Gasteiger charge is -2.07. The Morgan fingerprint density at radius 2 is 2.24 bits per heavy atom. The van der Waals surface area contributed by atoms with Gasteiger partial charge in [0.2, 0.25) is 0 Å². The van der Waals surface area contributed by atoms with E-state index in [2.05, 4.69) is 22.0 Å². The molecule has 0 N–H and O–H groups in total. The van der Waals surface area contributed by atoms with Crippen LogP contribution in [0, 0.1) is 11.3 Å². The molecule has 0 radical (unpaired) electrons. The van der Waals surface area contributed by atoms with Gasteiger partial charge >= 0.3 is 0 Å². The Morgan fingerprint density at radius 3 is 2.88 bits per heavy atom. The third kappa shape index (κ3) is 3.01. The Balaban J connectivity index is 2.17. The number of benzene rings is 1. The molecule has 0 saturated carbocycles. The van der Waals surface area contributed by atoms with E-state index in [0.717, 1.165) is 9.35 Å². The molecule has 0 amide bonds. The molecule has 2 nitrogen and oxygen atoms in total. The highest BCUT2D eigenvalue weighted by atomic mass is 79.9. The van der Waals surface area contributed by atoms with Gasteiger partial charge in [-0.3, -0.25) is 0 Å². The van der Waals surface area contributed by atoms with Gasteiger partial charge in [0.15, 0.2) is 0 Å². The lowest BCUT2D eigenvalue weighted by Crippen LogP contribution is -1.95. The molecule has 0 aliphatic heterocycles. The molecule has 2 rings (SSSR count). The molecule has 0 bridgehead atoms. The molecule has 0 saturated heterocycles. The number of hydrogen-bond donors (Lipinski definition) is 0. The third-order valence-electron chi connectivity index (χ3n) is 2.11. The summed E-state index contributed by atoms with van der Waals surface area (Å²) in [6.45, 7) is 0.424. The predicted octanol–water partition coefficient (Wildman–Crippen LogP) is 4.61. The summed E-state index contributed by atoms with van der Waals surface area (Å²) in [5.74, 6) is 0.514. The van der Waals surface area contributed by atoms with Gasteiger partial charge in [-0.25, -0.2) is 0 Å². The Kier molecular flexibility index (Phi) is 4.06. The lowest BCUT2D eigenvalue weighted by molar-refractivity contribution is 0.308. The first-order valence-electron chi connectivity index (χ1n) is 4.75. The smallest absolute Gasteiger partial charge is 0.139 e. The molecule has 1 aromatic heterocycles. The average Bonchev–Trinajstić information content (AvgIpc) is 2.72. The van der Waals surface area contributed by atoms with Crippen LogP contribution in [0.2, 0.25) is 5.02 Å². The molecule has 86 valence electrons. The predicted molar refractivity (Wildman–Crippen MR) is 72.5 cm³/mol. The van der Waals surface area contributed by atoms with Crippen molar-refractivity contribution in [1.29, 1.82) is 5.26 Å². The van der Waals surface area contributed by atoms with Crippen molar-refractivity contribution >= 4 is 38.9 Å². The zero-order chi connectivity index (χ0) is 12.3. The van der Waals surface area contributed by atoms with Crippen LogP contribution in [-0.4, -0.2) is 0 Å². The number of rotatable bonds is 3. The van der Waals surface area contributed by atoms with Crippen LogP contribution in [0.5, 0.6) is 5.75 Å². The van der Waals surface area contributed by atoms with Gasteiger partial charge < -0.3 is 4.74 Å². The van der Waals surface area contributed by atoms with Crippen LogP contribution < -0.4 is 4.74 Å². The minimum absolute atomic E-state index is 0.424. The molecule has 17 heavy (non-hydrogen) atoms. The zero-order valence-electron chi connectivity index (χ0n) is 8.61. The second-order valence-electron chi connectivity index (χ2n) is 3.23. The maximum Gasteiger partial charge on any atom is 0.139 e. The van der Waals surface area contributed by atoms with Crippen LogP contribution >= 0.6 is 38.9 Å². The normalized spacial score (nSPS) is 9.94. The maximum atomic E-state index is 8.94. The van der Waals surface area contributed by atoms with Crippen LogP contribution in [0.3, 0.4) is 0 Å². The van der Waals surface area contributed by atoms with Crippen molar-refractivity contribution in [2.45, 2.75) is 6.61 Å². The van der Waals surface area contributed by atoms with Crippen molar-refractivity contribution < 1.29 is 4.74 Å². The van der Waals surface area contributed by atoms with E-state index in [1.54, 1.807) is 29.5 Å². The first-order valence-corrected chi connectivity index (χ1v) is 6.80. The molecule has 0 aliphatic carbocycles. The molecular formula is C12H7BrClNOS. The van der Waals surface area contributed by atoms with E-state index in [-0.39, 0.29) is 0 Å². The van der Waals surface area contributed by atoms with Gasteiger partial charge in [0.05, 0.1) is 10.4 Å². The summed E-state index contributed by atoms with van der Waals surface area (Å²) in [7, 11) is 0. The highest BCUT2D eigenvalue weighted by Crippen LogP contribution is 2.27. The summed E-state index contributed by atoms with van der Waals surface area (Å²) in [4.78, 5) is 1.08. The van der Waals surface area contributed by atoms with Crippen molar-refractivity contribution in [3.8, 4) is 11.8 Å². The van der Waals surface area contributed by atoms with Crippen molar-refractivity contribution in [1.82, 2.24) is 0 Å². The minimum Gasteiger partial charge on any atom is -0.487 e. The quantitative estimate of drug-likeness (QED) is 0.824. The van der Waals surface area contributed by atoms with Gasteiger partial charge in [-0.2, -0.15) is 5.26 Å². The fourth-order valence-corrected chi connectivity index (χ4v) is 2.82. The molecule has 5 heteroatoms. The van der Waals surface area contributed by atoms with E-state index in [1.165, 1.54) is 0 Å². The number of ether oxygens (including phenoxy) is 1. The van der Waals surface area contributed by atoms with E-state index in [0.29, 0.717) is 22.9 Å². The lowest BCUT2D eigenvalue weighted by atomic mass is 10.2. The molecule has 0 unspecified atom stereocenters. The largest absolute Gasteiger partial charge is 0.487 e. The van der Waals surface area contributed by atoms with E-state index < -0.39 is 0 Å². The monoisotopic (exact) mass is 327 g/mol. The van der Waals surface area contributed by atoms with Crippen LogP contribution in [0.4, 0.5) is 0 Å². The first kappa shape index (κ1) is 12.4. The van der Waals surface area contributed by atoms with Crippen LogP contribution in [-0.2, 0) is 6.61 Å². The van der Waals surface area contributed by atoms with Gasteiger partial charge in [-0.05, 0) is 39.5 Å². The van der Waals surface area contributed by atoms with E-state index in [1.807, 2.05) is 11.4 Å². The van der Waals surface area contributed by atoms with Crippen molar-refractivity contribution in [2.75, 3.05) is 0 Å². The molecule has 0 fully saturated rings. The van der Waals surface area contributed by atoms with Gasteiger partial charge in [-0.1, -0.05) is 11.6 Å². The van der Waals surface area contributed by atoms with Crippen molar-refractivity contribution in [3.63, 3.8) is 0 Å². The second-order valence-corrected chi connectivity index (χ2v) is 5.52. The molecular weight excluding hydrogens is 322 g/mol. The fourth-order valence-electron chi connectivity index (χ4n) is 1.28. The number of nitriles is 1. The number of halogens is 2. The highest BCUT2D eigenvalue weighted by Gasteiger charge is 2.07. The van der Waals surface area contributed by atoms with E-state index in [4.69, 9.17) is 21.6 Å². The SMILES string of the molecule is N#Cc1ccc(Cl)cc1OCc1sccc1Br. The molecule has 0 atom stereocenters. The maximum absolute atomic E-state index is 8.94. The third-order valence-corrected chi connectivity index (χ3v) is 4.25. The van der Waals surface area contributed by atoms with Gasteiger partial charge in [0, 0.05) is 15.6 Å². The van der Waals surface area contributed by atoms with Crippen LogP contribution in [0.15, 0.2) is 34.1 Å². The zero-order valence-corrected chi connectivity index (χ0v) is 11.8. The van der Waals surface area contributed by atoms with Crippen molar-refractivity contribution in [3.05, 3.63) is 49.6 Å². The van der Waals surface area contributed by atoms with Crippen molar-refractivity contribution in [2.24, 2.45) is 0 Å². The van der Waals surface area contributed by atoms with E-state index >= 15 is 0 Å². The number of nitrogens with zero attached hydrogens (tertiary/aromatic N) is 1. The summed E-state index contributed by atoms with van der Waals surface area (Å²) in [6, 6.07) is 9.02. The molecule has 0 spiro atoms. The van der Waals surface area contributed by atoms with Gasteiger partial charge in [0.25, 0.3) is 0 Å².